The molecule has 9 nitrogen and oxygen atoms in total. The minimum atomic E-state index is -0.393. The molecule has 0 aliphatic carbocycles. The molecule has 3 aromatic carbocycles. The monoisotopic (exact) mass is 589 g/mol. The van der Waals surface area contributed by atoms with Gasteiger partial charge in [0.05, 0.1) is 24.2 Å². The van der Waals surface area contributed by atoms with Crippen LogP contribution in [0.5, 0.6) is 0 Å². The lowest BCUT2D eigenvalue weighted by Gasteiger charge is -2.42. The Morgan fingerprint density at radius 2 is 1.55 bits per heavy atom. The van der Waals surface area contributed by atoms with Crippen molar-refractivity contribution in [2.75, 3.05) is 32.8 Å². The molecule has 0 bridgehead atoms. The van der Waals surface area contributed by atoms with Gasteiger partial charge in [0.25, 0.3) is 5.56 Å². The normalized spacial score (nSPS) is 18.8. The molecule has 0 amide bonds. The first-order valence-corrected chi connectivity index (χ1v) is 15.7. The van der Waals surface area contributed by atoms with Crippen molar-refractivity contribution in [3.8, 4) is 0 Å². The molecular formula is C35H39N7O2. The van der Waals surface area contributed by atoms with E-state index in [0.717, 1.165) is 67.7 Å². The van der Waals surface area contributed by atoms with E-state index in [2.05, 4.69) is 117 Å². The third-order valence-electron chi connectivity index (χ3n) is 9.39. The first kappa shape index (κ1) is 28.6. The molecule has 2 aromatic heterocycles. The van der Waals surface area contributed by atoms with Gasteiger partial charge < -0.3 is 9.72 Å². The summed E-state index contributed by atoms with van der Waals surface area (Å²) in [5.74, 6) is 0.685. The Hall–Kier alpha value is -4.18. The van der Waals surface area contributed by atoms with Gasteiger partial charge in [0.15, 0.2) is 5.82 Å². The van der Waals surface area contributed by atoms with E-state index in [-0.39, 0.29) is 17.7 Å². The number of hydrogen-bond acceptors (Lipinski definition) is 7. The van der Waals surface area contributed by atoms with Crippen LogP contribution in [0, 0.1) is 13.8 Å². The van der Waals surface area contributed by atoms with Crippen LogP contribution in [0.1, 0.15) is 58.6 Å². The fraction of sp³-hybridized carbons (Fsp3) is 0.371. The number of ether oxygens (including phenoxy) is 1. The molecular weight excluding hydrogens is 550 g/mol. The van der Waals surface area contributed by atoms with Crippen molar-refractivity contribution in [3.05, 3.63) is 123 Å². The van der Waals surface area contributed by atoms with E-state index < -0.39 is 6.04 Å². The second-order valence-corrected chi connectivity index (χ2v) is 12.1. The lowest BCUT2D eigenvalue weighted by molar-refractivity contribution is 0.0778. The summed E-state index contributed by atoms with van der Waals surface area (Å²) >= 11 is 0. The number of rotatable bonds is 8. The number of pyridine rings is 1. The number of fused-ring (bicyclic) bond motifs is 1. The summed E-state index contributed by atoms with van der Waals surface area (Å²) in [6.45, 7) is 8.66. The number of hydrogen-bond donors (Lipinski definition) is 1. The van der Waals surface area contributed by atoms with Crippen molar-refractivity contribution in [3.63, 3.8) is 0 Å². The van der Waals surface area contributed by atoms with Crippen LogP contribution in [-0.4, -0.2) is 73.9 Å². The molecule has 0 radical (unpaired) electrons. The molecule has 2 saturated heterocycles. The Morgan fingerprint density at radius 1 is 0.886 bits per heavy atom. The molecule has 0 spiro atoms. The molecule has 7 rings (SSSR count). The molecule has 2 fully saturated rings. The topological polar surface area (TPSA) is 92.2 Å². The molecule has 2 aliphatic rings. The summed E-state index contributed by atoms with van der Waals surface area (Å²) < 4.78 is 7.79. The molecule has 0 saturated carbocycles. The summed E-state index contributed by atoms with van der Waals surface area (Å²) in [4.78, 5) is 22.0. The van der Waals surface area contributed by atoms with Gasteiger partial charge in [-0.05, 0) is 70.8 Å². The van der Waals surface area contributed by atoms with Gasteiger partial charge in [0, 0.05) is 38.3 Å². The van der Waals surface area contributed by atoms with Crippen LogP contribution in [0.25, 0.3) is 10.9 Å². The second kappa shape index (κ2) is 12.4. The molecule has 0 unspecified atom stereocenters. The highest BCUT2D eigenvalue weighted by Gasteiger charge is 2.35. The Bertz CT molecular complexity index is 1730. The number of nitrogens with zero attached hydrogens (tertiary/aromatic N) is 6. The lowest BCUT2D eigenvalue weighted by Crippen LogP contribution is -2.50. The molecule has 9 heteroatoms. The van der Waals surface area contributed by atoms with E-state index in [1.165, 1.54) is 11.1 Å². The van der Waals surface area contributed by atoms with E-state index in [1.807, 2.05) is 10.7 Å². The second-order valence-electron chi connectivity index (χ2n) is 12.1. The number of aromatic amines is 1. The average Bonchev–Trinajstić information content (AvgIpc) is 3.75. The minimum Gasteiger partial charge on any atom is -0.376 e. The van der Waals surface area contributed by atoms with Gasteiger partial charge in [0.2, 0.25) is 0 Å². The van der Waals surface area contributed by atoms with Crippen LogP contribution in [0.4, 0.5) is 0 Å². The van der Waals surface area contributed by atoms with Gasteiger partial charge in [-0.2, -0.15) is 0 Å². The highest BCUT2D eigenvalue weighted by Crippen LogP contribution is 2.33. The fourth-order valence-corrected chi connectivity index (χ4v) is 6.90. The van der Waals surface area contributed by atoms with E-state index in [9.17, 15) is 4.79 Å². The maximum atomic E-state index is 13.9. The standard InChI is InChI=1S/C35H39N7O2/c1-24-15-16-28-22-30(35(43)36-31(28)25(24)2)33(34-37-38-39-42(34)23-29-14-9-21-44-29)41-19-17-40(18-20-41)32(26-10-5-3-6-11-26)27-12-7-4-8-13-27/h3-8,10-13,15-16,22,29,32-33H,9,14,17-21,23H2,1-2H3,(H,36,43)/t29-,33-/m1/s1. The summed E-state index contributed by atoms with van der Waals surface area (Å²) in [5, 5.41) is 14.1. The van der Waals surface area contributed by atoms with Crippen LogP contribution in [0.2, 0.25) is 0 Å². The highest BCUT2D eigenvalue weighted by atomic mass is 16.5. The van der Waals surface area contributed by atoms with Gasteiger partial charge in [-0.15, -0.1) is 5.10 Å². The number of aromatic nitrogens is 5. The van der Waals surface area contributed by atoms with Crippen molar-refractivity contribution >= 4 is 10.9 Å². The lowest BCUT2D eigenvalue weighted by atomic mass is 9.95. The van der Waals surface area contributed by atoms with Crippen LogP contribution < -0.4 is 5.56 Å². The summed E-state index contributed by atoms with van der Waals surface area (Å²) in [7, 11) is 0. The van der Waals surface area contributed by atoms with Crippen molar-refractivity contribution in [1.82, 2.24) is 35.0 Å². The van der Waals surface area contributed by atoms with Crippen molar-refractivity contribution in [2.45, 2.75) is 51.4 Å². The number of aryl methyl sites for hydroxylation is 2. The molecule has 2 aliphatic heterocycles. The fourth-order valence-electron chi connectivity index (χ4n) is 6.90. The molecule has 5 aromatic rings. The Kier molecular flexibility index (Phi) is 8.08. The summed E-state index contributed by atoms with van der Waals surface area (Å²) in [6, 6.07) is 27.4. The van der Waals surface area contributed by atoms with Gasteiger partial charge >= 0.3 is 0 Å². The summed E-state index contributed by atoms with van der Waals surface area (Å²) in [6.07, 6.45) is 2.10. The molecule has 226 valence electrons. The molecule has 4 heterocycles. The largest absolute Gasteiger partial charge is 0.376 e. The van der Waals surface area contributed by atoms with E-state index in [4.69, 9.17) is 4.74 Å². The molecule has 1 N–H and O–H groups in total. The van der Waals surface area contributed by atoms with Crippen molar-refractivity contribution < 1.29 is 4.74 Å². The third-order valence-corrected chi connectivity index (χ3v) is 9.39. The first-order valence-electron chi connectivity index (χ1n) is 15.7. The minimum absolute atomic E-state index is 0.0766. The Balaban J connectivity index is 1.24. The molecule has 44 heavy (non-hydrogen) atoms. The smallest absolute Gasteiger partial charge is 0.253 e. The van der Waals surface area contributed by atoms with Crippen molar-refractivity contribution in [2.24, 2.45) is 0 Å². The number of benzene rings is 3. The molecule has 2 atom stereocenters. The predicted molar refractivity (Wildman–Crippen MR) is 171 cm³/mol. The van der Waals surface area contributed by atoms with Crippen LogP contribution >= 0.6 is 0 Å². The van der Waals surface area contributed by atoms with E-state index in [1.54, 1.807) is 0 Å². The van der Waals surface area contributed by atoms with Crippen LogP contribution in [0.3, 0.4) is 0 Å². The summed E-state index contributed by atoms with van der Waals surface area (Å²) in [5.41, 5.74) is 6.25. The third kappa shape index (κ3) is 5.58. The van der Waals surface area contributed by atoms with Crippen LogP contribution in [-0.2, 0) is 11.3 Å². The van der Waals surface area contributed by atoms with Gasteiger partial charge in [-0.1, -0.05) is 72.8 Å². The number of tetrazole rings is 1. The maximum absolute atomic E-state index is 13.9. The highest BCUT2D eigenvalue weighted by molar-refractivity contribution is 5.83. The zero-order valence-electron chi connectivity index (χ0n) is 25.4. The van der Waals surface area contributed by atoms with Gasteiger partial charge in [-0.3, -0.25) is 14.6 Å². The predicted octanol–water partition coefficient (Wildman–Crippen LogP) is 4.81. The number of nitrogens with one attached hydrogen (secondary N) is 1. The van der Waals surface area contributed by atoms with Crippen molar-refractivity contribution in [1.29, 1.82) is 0 Å². The number of piperazine rings is 1. The van der Waals surface area contributed by atoms with Gasteiger partial charge in [-0.25, -0.2) is 4.68 Å². The van der Waals surface area contributed by atoms with Crippen LogP contribution in [0.15, 0.2) is 83.7 Å². The zero-order chi connectivity index (χ0) is 30.0. The number of H-pyrrole nitrogens is 1. The quantitative estimate of drug-likeness (QED) is 0.278. The maximum Gasteiger partial charge on any atom is 0.253 e. The SMILES string of the molecule is Cc1ccc2cc([C@H](c3nnnn3C[C@H]3CCCO3)N3CCN(C(c4ccccc4)c4ccccc4)CC3)c(=O)[nH]c2c1C. The Labute approximate surface area is 257 Å². The van der Waals surface area contributed by atoms with E-state index >= 15 is 0 Å². The zero-order valence-corrected chi connectivity index (χ0v) is 25.4. The Morgan fingerprint density at radius 3 is 2.18 bits per heavy atom. The average molecular weight is 590 g/mol. The van der Waals surface area contributed by atoms with Gasteiger partial charge in [0.1, 0.15) is 6.04 Å². The first-order chi connectivity index (χ1) is 21.6. The van der Waals surface area contributed by atoms with E-state index in [0.29, 0.717) is 17.9 Å².